The summed E-state index contributed by atoms with van der Waals surface area (Å²) in [6.45, 7) is 1.53. The predicted octanol–water partition coefficient (Wildman–Crippen LogP) is 3.70. The maximum Gasteiger partial charge on any atom is 0.142 e. The maximum atomic E-state index is 11.2. The number of furan rings is 1. The second-order valence-corrected chi connectivity index (χ2v) is 7.79. The quantitative estimate of drug-likeness (QED) is 0.469. The molecule has 0 unspecified atom stereocenters. The van der Waals surface area contributed by atoms with Crippen LogP contribution in [-0.4, -0.2) is 34.1 Å². The molecule has 1 fully saturated rings. The van der Waals surface area contributed by atoms with Crippen molar-refractivity contribution in [2.45, 2.75) is 31.3 Å². The van der Waals surface area contributed by atoms with Crippen LogP contribution in [0.25, 0.3) is 22.5 Å². The van der Waals surface area contributed by atoms with Crippen molar-refractivity contribution in [1.82, 2.24) is 10.3 Å². The summed E-state index contributed by atoms with van der Waals surface area (Å²) < 4.78 is 6.29. The van der Waals surface area contributed by atoms with Gasteiger partial charge in [-0.1, -0.05) is 23.4 Å². The molecule has 1 aliphatic heterocycles. The van der Waals surface area contributed by atoms with Crippen LogP contribution in [0.5, 0.6) is 0 Å². The minimum atomic E-state index is -0.960. The lowest BCUT2D eigenvalue weighted by Gasteiger charge is -2.30. The van der Waals surface area contributed by atoms with E-state index in [1.807, 2.05) is 30.3 Å². The van der Waals surface area contributed by atoms with Crippen molar-refractivity contribution in [3.8, 4) is 22.5 Å². The number of piperidine rings is 1. The molecule has 2 aliphatic rings. The second kappa shape index (κ2) is 7.13. The number of nitrogens with zero attached hydrogens (tertiary/aromatic N) is 2. The Morgan fingerprint density at radius 3 is 2.52 bits per heavy atom. The van der Waals surface area contributed by atoms with Crippen molar-refractivity contribution in [1.29, 1.82) is 0 Å². The summed E-state index contributed by atoms with van der Waals surface area (Å²) in [6.07, 6.45) is 6.33. The molecule has 6 heteroatoms. The lowest BCUT2D eigenvalue weighted by molar-refractivity contribution is -0.0132. The second-order valence-electron chi connectivity index (χ2n) is 7.79. The van der Waals surface area contributed by atoms with Crippen LogP contribution in [0, 0.1) is 0 Å². The van der Waals surface area contributed by atoms with E-state index in [9.17, 15) is 10.3 Å². The van der Waals surface area contributed by atoms with E-state index in [1.165, 1.54) is 5.56 Å². The summed E-state index contributed by atoms with van der Waals surface area (Å²) in [5, 5.41) is 27.1. The van der Waals surface area contributed by atoms with Crippen LogP contribution in [-0.2, 0) is 12.0 Å². The van der Waals surface area contributed by atoms with E-state index in [0.717, 1.165) is 59.7 Å². The Kier molecular flexibility index (Phi) is 4.45. The van der Waals surface area contributed by atoms with Gasteiger partial charge in [0, 0.05) is 29.1 Å². The fraction of sp³-hybridized carbons (Fsp3) is 0.304. The average molecular weight is 389 g/mol. The van der Waals surface area contributed by atoms with Gasteiger partial charge >= 0.3 is 0 Å². The first-order valence-electron chi connectivity index (χ1n) is 10.0. The van der Waals surface area contributed by atoms with E-state index >= 15 is 0 Å². The molecule has 0 amide bonds. The molecule has 0 radical (unpaired) electrons. The number of aromatic nitrogens is 1. The molecule has 3 heterocycles. The number of benzene rings is 1. The standard InChI is InChI=1S/C23H23N3O3/c27-23(7-11-25-12-8-23)21-14-19(22(29-21)15-5-9-24-10-6-15)17-1-3-18-16(13-17)2-4-20(18)26-28/h1,3,5-6,9-10,13-14,25,27-28H,2,4,7-8,11-12H2/b26-20+. The molecule has 3 N–H and O–H groups in total. The Morgan fingerprint density at radius 1 is 0.966 bits per heavy atom. The van der Waals surface area contributed by atoms with Crippen LogP contribution in [0.15, 0.2) is 58.4 Å². The molecule has 148 valence electrons. The normalized spacial score (nSPS) is 19.4. The van der Waals surface area contributed by atoms with Crippen LogP contribution in [0.2, 0.25) is 0 Å². The number of oxime groups is 1. The lowest BCUT2D eigenvalue weighted by Crippen LogP contribution is -2.39. The van der Waals surface area contributed by atoms with Gasteiger partial charge in [-0.25, -0.2) is 0 Å². The number of aliphatic hydroxyl groups is 1. The summed E-state index contributed by atoms with van der Waals surface area (Å²) in [5.74, 6) is 1.35. The van der Waals surface area contributed by atoms with Gasteiger partial charge in [0.1, 0.15) is 17.1 Å². The number of pyridine rings is 1. The fourth-order valence-corrected chi connectivity index (χ4v) is 4.38. The van der Waals surface area contributed by atoms with E-state index in [-0.39, 0.29) is 0 Å². The third-order valence-corrected chi connectivity index (χ3v) is 6.04. The van der Waals surface area contributed by atoms with Gasteiger partial charge in [0.25, 0.3) is 0 Å². The molecule has 0 saturated carbocycles. The molecule has 5 rings (SSSR count). The van der Waals surface area contributed by atoms with Crippen LogP contribution in [0.1, 0.15) is 36.1 Å². The molecular formula is C23H23N3O3. The Bertz CT molecular complexity index is 1070. The topological polar surface area (TPSA) is 90.9 Å². The highest BCUT2D eigenvalue weighted by Gasteiger charge is 2.36. The average Bonchev–Trinajstić information content (AvgIpc) is 3.39. The van der Waals surface area contributed by atoms with Gasteiger partial charge in [0.05, 0.1) is 5.71 Å². The van der Waals surface area contributed by atoms with Crippen LogP contribution in [0.4, 0.5) is 0 Å². The molecule has 0 atom stereocenters. The van der Waals surface area contributed by atoms with Crippen LogP contribution in [0.3, 0.4) is 0 Å². The molecule has 0 bridgehead atoms. The third kappa shape index (κ3) is 3.14. The molecule has 1 saturated heterocycles. The smallest absolute Gasteiger partial charge is 0.142 e. The molecule has 1 aromatic carbocycles. The number of fused-ring (bicyclic) bond motifs is 1. The van der Waals surface area contributed by atoms with Gasteiger partial charge in [-0.2, -0.15) is 0 Å². The van der Waals surface area contributed by atoms with Crippen molar-refractivity contribution < 1.29 is 14.7 Å². The highest BCUT2D eigenvalue weighted by Crippen LogP contribution is 2.42. The van der Waals surface area contributed by atoms with Gasteiger partial charge in [-0.05, 0) is 68.1 Å². The molecular weight excluding hydrogens is 366 g/mol. The van der Waals surface area contributed by atoms with Crippen molar-refractivity contribution in [3.05, 3.63) is 65.7 Å². The first-order valence-corrected chi connectivity index (χ1v) is 10.0. The summed E-state index contributed by atoms with van der Waals surface area (Å²) in [4.78, 5) is 4.11. The first kappa shape index (κ1) is 18.1. The minimum absolute atomic E-state index is 0.610. The van der Waals surface area contributed by atoms with Crippen molar-refractivity contribution in [2.24, 2.45) is 5.16 Å². The molecule has 6 nitrogen and oxygen atoms in total. The van der Waals surface area contributed by atoms with E-state index in [2.05, 4.69) is 21.5 Å². The number of hydrogen-bond donors (Lipinski definition) is 3. The summed E-state index contributed by atoms with van der Waals surface area (Å²) >= 11 is 0. The van der Waals surface area contributed by atoms with E-state index in [1.54, 1.807) is 12.4 Å². The Labute approximate surface area is 168 Å². The van der Waals surface area contributed by atoms with Crippen LogP contribution >= 0.6 is 0 Å². The highest BCUT2D eigenvalue weighted by molar-refractivity contribution is 6.04. The molecule has 3 aromatic rings. The zero-order valence-electron chi connectivity index (χ0n) is 16.1. The number of nitrogens with one attached hydrogen (secondary N) is 1. The summed E-state index contributed by atoms with van der Waals surface area (Å²) in [6, 6.07) is 12.0. The number of aryl methyl sites for hydroxylation is 1. The number of hydrogen-bond acceptors (Lipinski definition) is 6. The number of rotatable bonds is 3. The van der Waals surface area contributed by atoms with Gasteiger partial charge in [-0.15, -0.1) is 0 Å². The molecule has 2 aromatic heterocycles. The van der Waals surface area contributed by atoms with E-state index in [4.69, 9.17) is 4.42 Å². The van der Waals surface area contributed by atoms with E-state index in [0.29, 0.717) is 18.6 Å². The van der Waals surface area contributed by atoms with Crippen molar-refractivity contribution in [3.63, 3.8) is 0 Å². The molecule has 29 heavy (non-hydrogen) atoms. The third-order valence-electron chi connectivity index (χ3n) is 6.04. The molecule has 1 aliphatic carbocycles. The predicted molar refractivity (Wildman–Crippen MR) is 110 cm³/mol. The first-order chi connectivity index (χ1) is 14.2. The van der Waals surface area contributed by atoms with E-state index < -0.39 is 5.60 Å². The van der Waals surface area contributed by atoms with Gasteiger partial charge in [0.15, 0.2) is 0 Å². The SMILES string of the molecule is O/N=C1\CCc2cc(-c3cc(C4(O)CCNCC4)oc3-c3ccncc3)ccc21. The largest absolute Gasteiger partial charge is 0.457 e. The maximum absolute atomic E-state index is 11.2. The Balaban J connectivity index is 1.64. The Hall–Kier alpha value is -2.96. The van der Waals surface area contributed by atoms with Gasteiger partial charge in [0.2, 0.25) is 0 Å². The Morgan fingerprint density at radius 2 is 1.76 bits per heavy atom. The highest BCUT2D eigenvalue weighted by atomic mass is 16.4. The van der Waals surface area contributed by atoms with Crippen molar-refractivity contribution >= 4 is 5.71 Å². The zero-order valence-corrected chi connectivity index (χ0v) is 16.1. The summed E-state index contributed by atoms with van der Waals surface area (Å²) in [7, 11) is 0. The van der Waals surface area contributed by atoms with Crippen LogP contribution < -0.4 is 5.32 Å². The minimum Gasteiger partial charge on any atom is -0.457 e. The lowest BCUT2D eigenvalue weighted by atomic mass is 9.89. The molecule has 0 spiro atoms. The van der Waals surface area contributed by atoms with Gasteiger partial charge < -0.3 is 20.0 Å². The van der Waals surface area contributed by atoms with Crippen molar-refractivity contribution in [2.75, 3.05) is 13.1 Å². The fourth-order valence-electron chi connectivity index (χ4n) is 4.38. The van der Waals surface area contributed by atoms with Gasteiger partial charge in [-0.3, -0.25) is 4.98 Å². The zero-order chi connectivity index (χ0) is 19.8. The summed E-state index contributed by atoms with van der Waals surface area (Å²) in [5.41, 5.74) is 4.85. The monoisotopic (exact) mass is 389 g/mol.